The van der Waals surface area contributed by atoms with E-state index >= 15 is 0 Å². The number of carboxylic acid groups (broad SMARTS) is 1. The van der Waals surface area contributed by atoms with Gasteiger partial charge in [0.1, 0.15) is 0 Å². The maximum absolute atomic E-state index is 11.8. The molecule has 0 saturated carbocycles. The third-order valence-corrected chi connectivity index (χ3v) is 3.46. The Morgan fingerprint density at radius 2 is 2.00 bits per heavy atom. The molecule has 5 heteroatoms. The summed E-state index contributed by atoms with van der Waals surface area (Å²) in [6.45, 7) is 0. The number of urea groups is 1. The fraction of sp³-hybridized carbons (Fsp3) is 0.800. The highest BCUT2D eigenvalue weighted by atomic mass is 16.4. The van der Waals surface area contributed by atoms with Gasteiger partial charge < -0.3 is 14.9 Å². The second kappa shape index (κ2) is 3.40. The number of carboxylic acids is 1. The minimum absolute atomic E-state index is 0.0498. The topological polar surface area (TPSA) is 60.9 Å². The van der Waals surface area contributed by atoms with Gasteiger partial charge in [0, 0.05) is 26.2 Å². The van der Waals surface area contributed by atoms with E-state index in [0.29, 0.717) is 6.42 Å². The minimum atomic E-state index is -0.765. The van der Waals surface area contributed by atoms with Crippen LogP contribution in [-0.4, -0.2) is 53.1 Å². The molecule has 3 atom stereocenters. The number of amides is 2. The van der Waals surface area contributed by atoms with E-state index in [2.05, 4.69) is 0 Å². The Bertz CT molecular complexity index is 303. The minimum Gasteiger partial charge on any atom is -0.481 e. The third kappa shape index (κ3) is 1.46. The van der Waals surface area contributed by atoms with Crippen molar-refractivity contribution in [3.8, 4) is 0 Å². The predicted octanol–water partition coefficient (Wildman–Crippen LogP) is 0.605. The van der Waals surface area contributed by atoms with Crippen LogP contribution in [0.3, 0.4) is 0 Å². The number of hydrogen-bond donors (Lipinski definition) is 1. The summed E-state index contributed by atoms with van der Waals surface area (Å²) < 4.78 is 0. The molecule has 0 aromatic heterocycles. The number of carbonyl (C=O) groups is 2. The molecular formula is C10H16N2O3. The Morgan fingerprint density at radius 1 is 1.33 bits per heavy atom. The Morgan fingerprint density at radius 3 is 2.47 bits per heavy atom. The van der Waals surface area contributed by atoms with Gasteiger partial charge in [0.25, 0.3) is 0 Å². The molecule has 0 spiro atoms. The molecule has 2 amide bonds. The molecule has 84 valence electrons. The van der Waals surface area contributed by atoms with Gasteiger partial charge in [-0.3, -0.25) is 4.79 Å². The van der Waals surface area contributed by atoms with E-state index in [9.17, 15) is 9.59 Å². The van der Waals surface area contributed by atoms with Crippen LogP contribution in [0.1, 0.15) is 19.3 Å². The Balaban J connectivity index is 2.16. The first kappa shape index (κ1) is 10.3. The van der Waals surface area contributed by atoms with Gasteiger partial charge in [-0.1, -0.05) is 0 Å². The molecule has 0 aromatic rings. The van der Waals surface area contributed by atoms with Gasteiger partial charge in [0.2, 0.25) is 0 Å². The van der Waals surface area contributed by atoms with E-state index in [-0.39, 0.29) is 24.0 Å². The van der Waals surface area contributed by atoms with E-state index in [0.717, 1.165) is 12.8 Å². The van der Waals surface area contributed by atoms with E-state index in [1.54, 1.807) is 19.0 Å². The van der Waals surface area contributed by atoms with Crippen LogP contribution in [0.4, 0.5) is 4.79 Å². The van der Waals surface area contributed by atoms with Crippen molar-refractivity contribution >= 4 is 12.0 Å². The Labute approximate surface area is 88.6 Å². The van der Waals surface area contributed by atoms with Crippen molar-refractivity contribution in [2.24, 2.45) is 5.92 Å². The van der Waals surface area contributed by atoms with Crippen LogP contribution in [0.25, 0.3) is 0 Å². The van der Waals surface area contributed by atoms with Crippen LogP contribution in [-0.2, 0) is 4.79 Å². The number of nitrogens with zero attached hydrogens (tertiary/aromatic N) is 2. The smallest absolute Gasteiger partial charge is 0.320 e. The largest absolute Gasteiger partial charge is 0.481 e. The maximum Gasteiger partial charge on any atom is 0.320 e. The van der Waals surface area contributed by atoms with Crippen molar-refractivity contribution in [3.05, 3.63) is 0 Å². The standard InChI is InChI=1S/C10H16N2O3/c1-11(2)10(15)12-6-3-4-8(12)7(5-6)9(13)14/h6-8H,3-5H2,1-2H3,(H,13,14). The Hall–Kier alpha value is -1.26. The molecule has 0 aliphatic carbocycles. The van der Waals surface area contributed by atoms with Crippen molar-refractivity contribution in [1.82, 2.24) is 9.80 Å². The van der Waals surface area contributed by atoms with Crippen LogP contribution < -0.4 is 0 Å². The average Bonchev–Trinajstić information content (AvgIpc) is 2.72. The molecule has 2 fully saturated rings. The normalized spacial score (nSPS) is 33.2. The van der Waals surface area contributed by atoms with Crippen LogP contribution in [0.2, 0.25) is 0 Å². The summed E-state index contributed by atoms with van der Waals surface area (Å²) in [6, 6.07) is 0.0136. The monoisotopic (exact) mass is 212 g/mol. The summed E-state index contributed by atoms with van der Waals surface area (Å²) in [4.78, 5) is 26.1. The summed E-state index contributed by atoms with van der Waals surface area (Å²) >= 11 is 0. The molecule has 1 N–H and O–H groups in total. The summed E-state index contributed by atoms with van der Waals surface area (Å²) in [5, 5.41) is 9.02. The SMILES string of the molecule is CN(C)C(=O)N1C2CCC1C(C(=O)O)C2. The highest BCUT2D eigenvalue weighted by Gasteiger charge is 2.51. The lowest BCUT2D eigenvalue weighted by Crippen LogP contribution is -2.43. The lowest BCUT2D eigenvalue weighted by Gasteiger charge is -2.26. The van der Waals surface area contributed by atoms with Gasteiger partial charge in [-0.2, -0.15) is 0 Å². The molecule has 2 rings (SSSR count). The van der Waals surface area contributed by atoms with Crippen molar-refractivity contribution in [3.63, 3.8) is 0 Å². The van der Waals surface area contributed by atoms with E-state index in [4.69, 9.17) is 5.11 Å². The zero-order chi connectivity index (χ0) is 11.2. The quantitative estimate of drug-likeness (QED) is 0.692. The Kier molecular flexibility index (Phi) is 2.32. The summed E-state index contributed by atoms with van der Waals surface area (Å²) in [7, 11) is 3.41. The second-order valence-electron chi connectivity index (χ2n) is 4.56. The number of hydrogen-bond acceptors (Lipinski definition) is 2. The second-order valence-corrected chi connectivity index (χ2v) is 4.56. The van der Waals surface area contributed by atoms with Crippen LogP contribution >= 0.6 is 0 Å². The first-order chi connectivity index (χ1) is 7.02. The molecule has 0 aromatic carbocycles. The van der Waals surface area contributed by atoms with Gasteiger partial charge in [-0.25, -0.2) is 4.79 Å². The van der Waals surface area contributed by atoms with Crippen molar-refractivity contribution in [2.45, 2.75) is 31.3 Å². The maximum atomic E-state index is 11.8. The first-order valence-electron chi connectivity index (χ1n) is 5.24. The highest BCUT2D eigenvalue weighted by molar-refractivity contribution is 5.79. The molecule has 2 aliphatic rings. The third-order valence-electron chi connectivity index (χ3n) is 3.46. The van der Waals surface area contributed by atoms with Gasteiger partial charge >= 0.3 is 12.0 Å². The zero-order valence-corrected chi connectivity index (χ0v) is 9.01. The number of rotatable bonds is 1. The lowest BCUT2D eigenvalue weighted by atomic mass is 9.89. The van der Waals surface area contributed by atoms with Crippen molar-refractivity contribution < 1.29 is 14.7 Å². The molecule has 0 radical (unpaired) electrons. The van der Waals surface area contributed by atoms with E-state index in [1.165, 1.54) is 4.90 Å². The van der Waals surface area contributed by atoms with Crippen LogP contribution in [0.15, 0.2) is 0 Å². The van der Waals surface area contributed by atoms with Crippen LogP contribution in [0, 0.1) is 5.92 Å². The van der Waals surface area contributed by atoms with Crippen molar-refractivity contribution in [2.75, 3.05) is 14.1 Å². The number of fused-ring (bicyclic) bond motifs is 2. The zero-order valence-electron chi connectivity index (χ0n) is 9.01. The molecule has 2 aliphatic heterocycles. The van der Waals surface area contributed by atoms with Gasteiger partial charge in [0.15, 0.2) is 0 Å². The van der Waals surface area contributed by atoms with Gasteiger partial charge in [-0.05, 0) is 19.3 Å². The summed E-state index contributed by atoms with van der Waals surface area (Å²) in [6.07, 6.45) is 2.41. The van der Waals surface area contributed by atoms with Gasteiger partial charge in [0.05, 0.1) is 5.92 Å². The van der Waals surface area contributed by atoms with Crippen molar-refractivity contribution in [1.29, 1.82) is 0 Å². The van der Waals surface area contributed by atoms with Crippen LogP contribution in [0.5, 0.6) is 0 Å². The van der Waals surface area contributed by atoms with Gasteiger partial charge in [-0.15, -0.1) is 0 Å². The molecule has 15 heavy (non-hydrogen) atoms. The fourth-order valence-corrected chi connectivity index (χ4v) is 2.78. The molecule has 3 unspecified atom stereocenters. The predicted molar refractivity (Wildman–Crippen MR) is 53.5 cm³/mol. The summed E-state index contributed by atoms with van der Waals surface area (Å²) in [5.41, 5.74) is 0. The first-order valence-corrected chi connectivity index (χ1v) is 5.24. The highest BCUT2D eigenvalue weighted by Crippen LogP contribution is 2.42. The summed E-state index contributed by atoms with van der Waals surface area (Å²) in [5.74, 6) is -1.12. The van der Waals surface area contributed by atoms with E-state index < -0.39 is 5.97 Å². The molecule has 5 nitrogen and oxygen atoms in total. The average molecular weight is 212 g/mol. The number of carbonyl (C=O) groups excluding carboxylic acids is 1. The number of aliphatic carboxylic acids is 1. The molecular weight excluding hydrogens is 196 g/mol. The fourth-order valence-electron chi connectivity index (χ4n) is 2.78. The van der Waals surface area contributed by atoms with E-state index in [1.807, 2.05) is 0 Å². The lowest BCUT2D eigenvalue weighted by molar-refractivity contribution is -0.142. The molecule has 2 bridgehead atoms. The molecule has 2 saturated heterocycles. The molecule has 2 heterocycles.